The molecule has 2 aliphatic heterocycles. The molecule has 0 saturated carbocycles. The van der Waals surface area contributed by atoms with Crippen LogP contribution in [0, 0.1) is 11.8 Å². The SMILES string of the molecule is NC(=O)C(c1ccc(Cl)cc1)C(CO)N1CCCC(C2CN(c3ccc(OC(F)(F)F)cc3)C2)C1. The number of carbonyl (C=O) groups excluding carboxylic acids is 1. The number of nitrogens with two attached hydrogens (primary N) is 1. The number of likely N-dealkylation sites (tertiary alicyclic amines) is 1. The average molecular weight is 512 g/mol. The van der Waals surface area contributed by atoms with Gasteiger partial charge >= 0.3 is 6.36 Å². The molecule has 6 nitrogen and oxygen atoms in total. The van der Waals surface area contributed by atoms with Crippen LogP contribution in [0.2, 0.25) is 5.02 Å². The molecule has 10 heteroatoms. The Labute approximate surface area is 207 Å². The number of carbonyl (C=O) groups is 1. The lowest BCUT2D eigenvalue weighted by Crippen LogP contribution is -2.56. The van der Waals surface area contributed by atoms with Crippen molar-refractivity contribution in [2.75, 3.05) is 37.7 Å². The van der Waals surface area contributed by atoms with Gasteiger partial charge in [0.15, 0.2) is 0 Å². The van der Waals surface area contributed by atoms with E-state index in [-0.39, 0.29) is 12.4 Å². The van der Waals surface area contributed by atoms with Gasteiger partial charge in [-0.25, -0.2) is 0 Å². The highest BCUT2D eigenvalue weighted by molar-refractivity contribution is 6.30. The fourth-order valence-corrected chi connectivity index (χ4v) is 5.41. The number of amides is 1. The number of nitrogens with zero attached hydrogens (tertiary/aromatic N) is 2. The van der Waals surface area contributed by atoms with Crippen molar-refractivity contribution in [3.05, 3.63) is 59.1 Å². The highest BCUT2D eigenvalue weighted by atomic mass is 35.5. The molecule has 0 bridgehead atoms. The van der Waals surface area contributed by atoms with Crippen LogP contribution >= 0.6 is 11.6 Å². The second kappa shape index (κ2) is 10.6. The molecule has 1 amide bonds. The van der Waals surface area contributed by atoms with E-state index in [0.717, 1.165) is 50.3 Å². The summed E-state index contributed by atoms with van der Waals surface area (Å²) in [6, 6.07) is 12.5. The number of halogens is 4. The topological polar surface area (TPSA) is 79.0 Å². The molecule has 190 valence electrons. The summed E-state index contributed by atoms with van der Waals surface area (Å²) in [5, 5.41) is 10.8. The van der Waals surface area contributed by atoms with Crippen molar-refractivity contribution in [2.45, 2.75) is 31.2 Å². The van der Waals surface area contributed by atoms with Crippen molar-refractivity contribution in [3.63, 3.8) is 0 Å². The van der Waals surface area contributed by atoms with Gasteiger partial charge in [0.25, 0.3) is 0 Å². The summed E-state index contributed by atoms with van der Waals surface area (Å²) in [5.74, 6) is -0.556. The second-order valence-electron chi connectivity index (χ2n) is 9.29. The van der Waals surface area contributed by atoms with Crippen molar-refractivity contribution in [3.8, 4) is 5.75 Å². The zero-order valence-electron chi connectivity index (χ0n) is 19.1. The summed E-state index contributed by atoms with van der Waals surface area (Å²) in [5.41, 5.74) is 7.35. The van der Waals surface area contributed by atoms with Gasteiger partial charge in [-0.3, -0.25) is 9.69 Å². The molecule has 2 aromatic carbocycles. The van der Waals surface area contributed by atoms with Crippen LogP contribution in [0.5, 0.6) is 5.75 Å². The van der Waals surface area contributed by atoms with Gasteiger partial charge in [0.1, 0.15) is 5.75 Å². The minimum atomic E-state index is -4.70. The Balaban J connectivity index is 1.37. The number of rotatable bonds is 8. The van der Waals surface area contributed by atoms with E-state index in [9.17, 15) is 23.1 Å². The Bertz CT molecular complexity index is 998. The quantitative estimate of drug-likeness (QED) is 0.560. The first-order chi connectivity index (χ1) is 16.6. The van der Waals surface area contributed by atoms with Crippen molar-refractivity contribution < 1.29 is 27.8 Å². The molecule has 3 unspecified atom stereocenters. The van der Waals surface area contributed by atoms with Crippen molar-refractivity contribution in [2.24, 2.45) is 17.6 Å². The molecular weight excluding hydrogens is 483 g/mol. The number of benzene rings is 2. The lowest BCUT2D eigenvalue weighted by Gasteiger charge is -2.49. The van der Waals surface area contributed by atoms with Gasteiger partial charge in [-0.15, -0.1) is 13.2 Å². The first kappa shape index (κ1) is 25.6. The molecule has 0 radical (unpaired) electrons. The number of primary amides is 1. The minimum absolute atomic E-state index is 0.188. The predicted molar refractivity (Wildman–Crippen MR) is 127 cm³/mol. The van der Waals surface area contributed by atoms with E-state index >= 15 is 0 Å². The molecule has 2 heterocycles. The standard InChI is InChI=1S/C25H29ClF3N3O3/c26-19-5-3-16(4-6-19)23(24(30)34)22(15-33)31-11-1-2-17(12-31)18-13-32(14-18)20-7-9-21(10-8-20)35-25(27,28)29/h3-10,17-18,22-23,33H,1-2,11-15H2,(H2,30,34). The first-order valence-electron chi connectivity index (χ1n) is 11.6. The van der Waals surface area contributed by atoms with Gasteiger partial charge in [0.05, 0.1) is 12.5 Å². The van der Waals surface area contributed by atoms with Gasteiger partial charge in [0.2, 0.25) is 5.91 Å². The Morgan fingerprint density at radius 2 is 1.74 bits per heavy atom. The molecule has 0 aliphatic carbocycles. The molecule has 2 saturated heterocycles. The van der Waals surface area contributed by atoms with E-state index in [1.165, 1.54) is 12.1 Å². The van der Waals surface area contributed by atoms with Crippen LogP contribution in [0.1, 0.15) is 24.3 Å². The van der Waals surface area contributed by atoms with Crippen LogP contribution in [0.3, 0.4) is 0 Å². The Morgan fingerprint density at radius 1 is 1.09 bits per heavy atom. The maximum Gasteiger partial charge on any atom is 0.573 e. The van der Waals surface area contributed by atoms with Crippen LogP contribution < -0.4 is 15.4 Å². The van der Waals surface area contributed by atoms with E-state index < -0.39 is 24.2 Å². The largest absolute Gasteiger partial charge is 0.573 e. The third kappa shape index (κ3) is 6.20. The van der Waals surface area contributed by atoms with Gasteiger partial charge in [-0.1, -0.05) is 23.7 Å². The second-order valence-corrected chi connectivity index (χ2v) is 9.72. The van der Waals surface area contributed by atoms with E-state index in [2.05, 4.69) is 14.5 Å². The number of hydrogen-bond donors (Lipinski definition) is 2. The number of anilines is 1. The minimum Gasteiger partial charge on any atom is -0.406 e. The van der Waals surface area contributed by atoms with E-state index in [0.29, 0.717) is 16.9 Å². The lowest BCUT2D eigenvalue weighted by molar-refractivity contribution is -0.274. The monoisotopic (exact) mass is 511 g/mol. The molecule has 3 N–H and O–H groups in total. The number of piperidine rings is 1. The van der Waals surface area contributed by atoms with E-state index in [4.69, 9.17) is 17.3 Å². The van der Waals surface area contributed by atoms with Gasteiger partial charge in [-0.2, -0.15) is 0 Å². The van der Waals surface area contributed by atoms with Crippen molar-refractivity contribution in [1.29, 1.82) is 0 Å². The fourth-order valence-electron chi connectivity index (χ4n) is 5.28. The van der Waals surface area contributed by atoms with Crippen LogP contribution in [-0.2, 0) is 4.79 Å². The highest BCUT2D eigenvalue weighted by Crippen LogP contribution is 2.36. The summed E-state index contributed by atoms with van der Waals surface area (Å²) in [4.78, 5) is 16.7. The van der Waals surface area contributed by atoms with Crippen LogP contribution in [0.4, 0.5) is 18.9 Å². The maximum absolute atomic E-state index is 12.4. The lowest BCUT2D eigenvalue weighted by atomic mass is 9.79. The number of hydrogen-bond acceptors (Lipinski definition) is 5. The maximum atomic E-state index is 12.4. The molecule has 3 atom stereocenters. The van der Waals surface area contributed by atoms with Crippen molar-refractivity contribution in [1.82, 2.24) is 4.90 Å². The van der Waals surface area contributed by atoms with Crippen LogP contribution in [0.25, 0.3) is 0 Å². The smallest absolute Gasteiger partial charge is 0.406 e. The fraction of sp³-hybridized carbons (Fsp3) is 0.480. The first-order valence-corrected chi connectivity index (χ1v) is 12.0. The summed E-state index contributed by atoms with van der Waals surface area (Å²) in [7, 11) is 0. The summed E-state index contributed by atoms with van der Waals surface area (Å²) >= 11 is 5.99. The van der Waals surface area contributed by atoms with Gasteiger partial charge in [-0.05, 0) is 73.2 Å². The number of aliphatic hydroxyl groups is 1. The highest BCUT2D eigenvalue weighted by Gasteiger charge is 2.40. The van der Waals surface area contributed by atoms with Crippen molar-refractivity contribution >= 4 is 23.2 Å². The molecule has 4 rings (SSSR count). The summed E-state index contributed by atoms with van der Waals surface area (Å²) in [6.45, 7) is 2.94. The average Bonchev–Trinajstić information content (AvgIpc) is 2.77. The zero-order chi connectivity index (χ0) is 25.2. The molecular formula is C25H29ClF3N3O3. The number of alkyl halides is 3. The molecule has 0 aromatic heterocycles. The van der Waals surface area contributed by atoms with E-state index in [1.54, 1.807) is 36.4 Å². The van der Waals surface area contributed by atoms with Gasteiger partial charge in [0, 0.05) is 36.4 Å². The Kier molecular flexibility index (Phi) is 7.78. The van der Waals surface area contributed by atoms with Crippen LogP contribution in [-0.4, -0.2) is 61.1 Å². The molecule has 0 spiro atoms. The van der Waals surface area contributed by atoms with Crippen LogP contribution in [0.15, 0.2) is 48.5 Å². The molecule has 2 fully saturated rings. The summed E-state index contributed by atoms with van der Waals surface area (Å²) < 4.78 is 41.1. The third-order valence-corrected chi connectivity index (χ3v) is 7.33. The zero-order valence-corrected chi connectivity index (χ0v) is 19.9. The number of ether oxygens (including phenoxy) is 1. The normalized spacial score (nSPS) is 21.3. The third-order valence-electron chi connectivity index (χ3n) is 7.08. The summed E-state index contributed by atoms with van der Waals surface area (Å²) in [6.07, 6.45) is -2.70. The van der Waals surface area contributed by atoms with Gasteiger partial charge < -0.3 is 20.5 Å². The molecule has 2 aromatic rings. The Hall–Kier alpha value is -2.49. The van der Waals surface area contributed by atoms with E-state index in [1.807, 2.05) is 0 Å². The number of aliphatic hydroxyl groups excluding tert-OH is 1. The Morgan fingerprint density at radius 3 is 2.31 bits per heavy atom. The predicted octanol–water partition coefficient (Wildman–Crippen LogP) is 4.02. The molecule has 2 aliphatic rings. The molecule has 35 heavy (non-hydrogen) atoms.